The molecule has 0 radical (unpaired) electrons. The molecular formula is C24H33FN8O2. The number of aliphatic hydroxyl groups excluding tert-OH is 1. The number of nitrogens with zero attached hydrogens (tertiary/aromatic N) is 7. The SMILES string of the molecule is CCCCn1nc(N2CC[C@H](O)C2)c2cnc(Nc3ccnc(N4CCC(C)(O)C(F)C4)n3)cc21. The number of halogens is 1. The van der Waals surface area contributed by atoms with Gasteiger partial charge in [-0.3, -0.25) is 4.68 Å². The molecule has 5 rings (SSSR count). The van der Waals surface area contributed by atoms with Gasteiger partial charge in [0.1, 0.15) is 17.8 Å². The first-order valence-corrected chi connectivity index (χ1v) is 12.3. The molecule has 2 aliphatic rings. The lowest BCUT2D eigenvalue weighted by Crippen LogP contribution is -2.52. The number of aliphatic hydroxyl groups is 2. The molecule has 11 heteroatoms. The van der Waals surface area contributed by atoms with Gasteiger partial charge in [-0.1, -0.05) is 13.3 Å². The Labute approximate surface area is 203 Å². The Morgan fingerprint density at radius 2 is 2.06 bits per heavy atom. The minimum atomic E-state index is -1.37. The summed E-state index contributed by atoms with van der Waals surface area (Å²) in [6.45, 7) is 6.35. The van der Waals surface area contributed by atoms with Crippen LogP contribution in [0.1, 0.15) is 39.5 Å². The number of fused-ring (bicyclic) bond motifs is 1. The van der Waals surface area contributed by atoms with Crippen molar-refractivity contribution in [1.29, 1.82) is 0 Å². The Bertz CT molecular complexity index is 1190. The number of piperidine rings is 1. The number of alkyl halides is 1. The number of unbranched alkanes of at least 4 members (excludes halogenated alkanes) is 1. The Balaban J connectivity index is 1.39. The lowest BCUT2D eigenvalue weighted by Gasteiger charge is -2.38. The standard InChI is InChI=1S/C24H33FN8O2/c1-3-4-9-33-18-12-21(27-13-17(18)22(30-33)31-10-6-16(34)14-31)28-20-5-8-26-23(29-20)32-11-7-24(2,35)19(25)15-32/h5,8,12-13,16,19,34-35H,3-4,6-7,9-11,14-15H2,1-2H3,(H,26,27,28,29)/t16-,19?,24?/m0/s1. The molecule has 2 saturated heterocycles. The molecule has 3 aromatic heterocycles. The first-order chi connectivity index (χ1) is 16.8. The van der Waals surface area contributed by atoms with Gasteiger partial charge in [0.05, 0.1) is 29.2 Å². The van der Waals surface area contributed by atoms with Crippen LogP contribution in [0, 0.1) is 0 Å². The summed E-state index contributed by atoms with van der Waals surface area (Å²) < 4.78 is 16.4. The maximum absolute atomic E-state index is 14.4. The molecule has 35 heavy (non-hydrogen) atoms. The van der Waals surface area contributed by atoms with Crippen LogP contribution in [0.15, 0.2) is 24.5 Å². The number of aryl methyl sites for hydroxylation is 1. The molecule has 10 nitrogen and oxygen atoms in total. The van der Waals surface area contributed by atoms with Crippen molar-refractivity contribution in [2.24, 2.45) is 0 Å². The Morgan fingerprint density at radius 3 is 2.80 bits per heavy atom. The molecule has 0 bridgehead atoms. The number of anilines is 4. The maximum Gasteiger partial charge on any atom is 0.227 e. The van der Waals surface area contributed by atoms with Crippen molar-refractivity contribution in [1.82, 2.24) is 24.7 Å². The quantitative estimate of drug-likeness (QED) is 0.465. The lowest BCUT2D eigenvalue weighted by molar-refractivity contribution is -0.0332. The van der Waals surface area contributed by atoms with Crippen molar-refractivity contribution in [2.45, 2.75) is 64.0 Å². The van der Waals surface area contributed by atoms with Crippen LogP contribution >= 0.6 is 0 Å². The van der Waals surface area contributed by atoms with E-state index in [1.54, 1.807) is 17.2 Å². The van der Waals surface area contributed by atoms with Crippen molar-refractivity contribution in [3.63, 3.8) is 0 Å². The fourth-order valence-electron chi connectivity index (χ4n) is 4.65. The number of nitrogens with one attached hydrogen (secondary N) is 1. The van der Waals surface area contributed by atoms with Crippen molar-refractivity contribution >= 4 is 34.3 Å². The minimum Gasteiger partial charge on any atom is -0.391 e. The molecule has 0 amide bonds. The number of β-amino-alcohol motifs (C(OH)–C–C–N with tert-alkyl or cyclic N) is 1. The van der Waals surface area contributed by atoms with E-state index >= 15 is 0 Å². The zero-order valence-corrected chi connectivity index (χ0v) is 20.2. The Kier molecular flexibility index (Phi) is 6.45. The largest absolute Gasteiger partial charge is 0.391 e. The third-order valence-electron chi connectivity index (χ3n) is 6.93. The summed E-state index contributed by atoms with van der Waals surface area (Å²) in [5.74, 6) is 2.45. The summed E-state index contributed by atoms with van der Waals surface area (Å²) in [6.07, 6.45) is 4.87. The molecule has 0 aromatic carbocycles. The van der Waals surface area contributed by atoms with Gasteiger partial charge < -0.3 is 25.3 Å². The first kappa shape index (κ1) is 23.7. The van der Waals surface area contributed by atoms with Gasteiger partial charge in [-0.05, 0) is 32.3 Å². The van der Waals surface area contributed by atoms with E-state index in [2.05, 4.69) is 32.1 Å². The summed E-state index contributed by atoms with van der Waals surface area (Å²) in [5.41, 5.74) is -0.349. The van der Waals surface area contributed by atoms with E-state index in [4.69, 9.17) is 5.10 Å². The van der Waals surface area contributed by atoms with Crippen LogP contribution in [-0.2, 0) is 6.54 Å². The average molecular weight is 485 g/mol. The lowest BCUT2D eigenvalue weighted by atomic mass is 9.92. The molecule has 3 aromatic rings. The molecule has 2 fully saturated rings. The Hall–Kier alpha value is -3.05. The van der Waals surface area contributed by atoms with E-state index in [1.165, 1.54) is 6.92 Å². The zero-order valence-electron chi connectivity index (χ0n) is 20.2. The van der Waals surface area contributed by atoms with Gasteiger partial charge in [-0.25, -0.2) is 14.4 Å². The summed E-state index contributed by atoms with van der Waals surface area (Å²) >= 11 is 0. The molecule has 3 atom stereocenters. The van der Waals surface area contributed by atoms with Gasteiger partial charge in [0.2, 0.25) is 5.95 Å². The van der Waals surface area contributed by atoms with E-state index in [9.17, 15) is 14.6 Å². The monoisotopic (exact) mass is 484 g/mol. The van der Waals surface area contributed by atoms with Gasteiger partial charge >= 0.3 is 0 Å². The minimum absolute atomic E-state index is 0.0469. The highest BCUT2D eigenvalue weighted by molar-refractivity contribution is 5.92. The van der Waals surface area contributed by atoms with Gasteiger partial charge in [0, 0.05) is 44.6 Å². The molecular weight excluding hydrogens is 451 g/mol. The molecule has 2 unspecified atom stereocenters. The number of hydrogen-bond acceptors (Lipinski definition) is 9. The van der Waals surface area contributed by atoms with Crippen LogP contribution in [0.2, 0.25) is 0 Å². The second-order valence-electron chi connectivity index (χ2n) is 9.76. The van der Waals surface area contributed by atoms with Crippen LogP contribution < -0.4 is 15.1 Å². The second-order valence-corrected chi connectivity index (χ2v) is 9.76. The zero-order chi connectivity index (χ0) is 24.6. The smallest absolute Gasteiger partial charge is 0.227 e. The highest BCUT2D eigenvalue weighted by Crippen LogP contribution is 2.31. The summed E-state index contributed by atoms with van der Waals surface area (Å²) in [7, 11) is 0. The van der Waals surface area contributed by atoms with E-state index in [0.717, 1.165) is 49.1 Å². The van der Waals surface area contributed by atoms with Crippen molar-refractivity contribution in [3.05, 3.63) is 24.5 Å². The second kappa shape index (κ2) is 9.54. The van der Waals surface area contributed by atoms with Crippen LogP contribution in [0.4, 0.5) is 27.8 Å². The number of pyridine rings is 1. The van der Waals surface area contributed by atoms with Gasteiger partial charge in [-0.15, -0.1) is 0 Å². The summed E-state index contributed by atoms with van der Waals surface area (Å²) in [5, 5.41) is 29.2. The molecule has 0 spiro atoms. The fraction of sp³-hybridized carbons (Fsp3) is 0.583. The van der Waals surface area contributed by atoms with Crippen LogP contribution in [0.3, 0.4) is 0 Å². The van der Waals surface area contributed by atoms with E-state index < -0.39 is 11.8 Å². The molecule has 0 saturated carbocycles. The van der Waals surface area contributed by atoms with Gasteiger partial charge in [0.25, 0.3) is 0 Å². The highest BCUT2D eigenvalue weighted by atomic mass is 19.1. The third kappa shape index (κ3) is 4.87. The van der Waals surface area contributed by atoms with Crippen molar-refractivity contribution in [2.75, 3.05) is 41.3 Å². The predicted molar refractivity (Wildman–Crippen MR) is 133 cm³/mol. The van der Waals surface area contributed by atoms with Crippen molar-refractivity contribution < 1.29 is 14.6 Å². The third-order valence-corrected chi connectivity index (χ3v) is 6.93. The molecule has 2 aliphatic heterocycles. The fourth-order valence-corrected chi connectivity index (χ4v) is 4.65. The van der Waals surface area contributed by atoms with Crippen molar-refractivity contribution in [3.8, 4) is 0 Å². The topological polar surface area (TPSA) is 115 Å². The first-order valence-electron chi connectivity index (χ1n) is 12.3. The van der Waals surface area contributed by atoms with Crippen LogP contribution in [0.25, 0.3) is 10.9 Å². The maximum atomic E-state index is 14.4. The van der Waals surface area contributed by atoms with E-state index in [1.807, 2.05) is 16.9 Å². The van der Waals surface area contributed by atoms with E-state index in [-0.39, 0.29) is 12.6 Å². The number of rotatable bonds is 7. The van der Waals surface area contributed by atoms with Gasteiger partial charge in [0.15, 0.2) is 5.82 Å². The number of aromatic nitrogens is 5. The molecule has 188 valence electrons. The van der Waals surface area contributed by atoms with Crippen LogP contribution in [-0.4, -0.2) is 79.0 Å². The van der Waals surface area contributed by atoms with Crippen LogP contribution in [0.5, 0.6) is 0 Å². The number of hydrogen-bond donors (Lipinski definition) is 3. The highest BCUT2D eigenvalue weighted by Gasteiger charge is 2.38. The molecule has 3 N–H and O–H groups in total. The normalized spacial score (nSPS) is 24.9. The summed E-state index contributed by atoms with van der Waals surface area (Å²) in [4.78, 5) is 17.3. The van der Waals surface area contributed by atoms with Gasteiger partial charge in [-0.2, -0.15) is 10.1 Å². The van der Waals surface area contributed by atoms with E-state index in [0.29, 0.717) is 37.1 Å². The summed E-state index contributed by atoms with van der Waals surface area (Å²) in [6, 6.07) is 3.71. The average Bonchev–Trinajstić information content (AvgIpc) is 3.43. The predicted octanol–water partition coefficient (Wildman–Crippen LogP) is 2.64. The molecule has 5 heterocycles. The molecule has 0 aliphatic carbocycles. The Morgan fingerprint density at radius 1 is 1.20 bits per heavy atom.